The van der Waals surface area contributed by atoms with Gasteiger partial charge in [0.15, 0.2) is 0 Å². The Labute approximate surface area is 128 Å². The Balaban J connectivity index is 1.60. The molecular weight excluding hydrogens is 289 g/mol. The van der Waals surface area contributed by atoms with E-state index in [2.05, 4.69) is 28.1 Å². The van der Waals surface area contributed by atoms with Gasteiger partial charge in [-0.3, -0.25) is 9.88 Å². The fraction of sp³-hybridized carbons (Fsp3) is 0.471. The molecule has 0 bridgehead atoms. The van der Waals surface area contributed by atoms with Gasteiger partial charge in [-0.1, -0.05) is 23.8 Å². The third kappa shape index (κ3) is 3.58. The Morgan fingerprint density at radius 3 is 2.77 bits per heavy atom. The molecule has 1 atom stereocenters. The van der Waals surface area contributed by atoms with E-state index in [-0.39, 0.29) is 5.92 Å². The topological polar surface area (TPSA) is 16.1 Å². The lowest BCUT2D eigenvalue weighted by atomic mass is 10.0. The van der Waals surface area contributed by atoms with Gasteiger partial charge in [-0.15, -0.1) is 0 Å². The highest BCUT2D eigenvalue weighted by molar-refractivity contribution is 5.22. The molecule has 118 valence electrons. The molecule has 0 radical (unpaired) electrons. The lowest BCUT2D eigenvalue weighted by Crippen LogP contribution is -2.23. The summed E-state index contributed by atoms with van der Waals surface area (Å²) >= 11 is 0. The van der Waals surface area contributed by atoms with Crippen LogP contribution in [0.5, 0.6) is 0 Å². The molecule has 0 saturated carbocycles. The number of aromatic nitrogens is 1. The summed E-state index contributed by atoms with van der Waals surface area (Å²) in [6.07, 6.45) is 6.25. The standard InChI is InChI=1S/C17H19F3N2/c18-17(19,20)15-6-7-16(21-10-15)14-8-9-22(12-14)11-13-4-2-1-3-5-13/h1-2,4,6-7,10,14H,3,5,8-9,11-12H2. The van der Waals surface area contributed by atoms with Crippen LogP contribution in [0.2, 0.25) is 0 Å². The zero-order chi connectivity index (χ0) is 15.6. The smallest absolute Gasteiger partial charge is 0.299 e. The van der Waals surface area contributed by atoms with E-state index in [4.69, 9.17) is 0 Å². The van der Waals surface area contributed by atoms with Crippen molar-refractivity contribution in [2.45, 2.75) is 31.4 Å². The minimum absolute atomic E-state index is 0.238. The molecule has 2 nitrogen and oxygen atoms in total. The lowest BCUT2D eigenvalue weighted by molar-refractivity contribution is -0.137. The third-order valence-corrected chi connectivity index (χ3v) is 4.33. The first-order valence-corrected chi connectivity index (χ1v) is 7.62. The molecule has 1 saturated heterocycles. The summed E-state index contributed by atoms with van der Waals surface area (Å²) in [4.78, 5) is 6.41. The summed E-state index contributed by atoms with van der Waals surface area (Å²) in [6.45, 7) is 2.81. The molecule has 3 rings (SSSR count). The highest BCUT2D eigenvalue weighted by Gasteiger charge is 2.31. The van der Waals surface area contributed by atoms with Crippen molar-refractivity contribution in [2.24, 2.45) is 0 Å². The average molecular weight is 308 g/mol. The van der Waals surface area contributed by atoms with Crippen molar-refractivity contribution < 1.29 is 13.2 Å². The van der Waals surface area contributed by atoms with Gasteiger partial charge < -0.3 is 0 Å². The van der Waals surface area contributed by atoms with E-state index in [1.54, 1.807) is 0 Å². The SMILES string of the molecule is FC(F)(F)c1ccc(C2CCN(CC3=CC=CCC3)C2)nc1. The quantitative estimate of drug-likeness (QED) is 0.833. The van der Waals surface area contributed by atoms with Gasteiger partial charge >= 0.3 is 6.18 Å². The van der Waals surface area contributed by atoms with Crippen molar-refractivity contribution in [3.05, 3.63) is 53.4 Å². The Bertz CT molecular complexity index is 573. The maximum Gasteiger partial charge on any atom is 0.417 e. The van der Waals surface area contributed by atoms with Crippen molar-refractivity contribution in [1.82, 2.24) is 9.88 Å². The number of hydrogen-bond acceptors (Lipinski definition) is 2. The van der Waals surface area contributed by atoms with Crippen LogP contribution in [0.1, 0.15) is 36.4 Å². The number of halogens is 3. The van der Waals surface area contributed by atoms with Crippen molar-refractivity contribution >= 4 is 0 Å². The van der Waals surface area contributed by atoms with Crippen LogP contribution in [0.3, 0.4) is 0 Å². The second-order valence-electron chi connectivity index (χ2n) is 5.98. The summed E-state index contributed by atoms with van der Waals surface area (Å²) < 4.78 is 37.7. The number of rotatable bonds is 3. The molecule has 0 amide bonds. The molecule has 2 aliphatic rings. The summed E-state index contributed by atoms with van der Waals surface area (Å²) in [5, 5.41) is 0. The van der Waals surface area contributed by atoms with Crippen LogP contribution in [0.4, 0.5) is 13.2 Å². The van der Waals surface area contributed by atoms with E-state index in [0.717, 1.165) is 56.9 Å². The summed E-state index contributed by atoms with van der Waals surface area (Å²) in [7, 11) is 0. The fourth-order valence-electron chi connectivity index (χ4n) is 3.10. The van der Waals surface area contributed by atoms with Gasteiger partial charge in [0.05, 0.1) is 5.56 Å². The lowest BCUT2D eigenvalue weighted by Gasteiger charge is -2.19. The molecular formula is C17H19F3N2. The van der Waals surface area contributed by atoms with Crippen LogP contribution in [-0.4, -0.2) is 29.5 Å². The number of pyridine rings is 1. The molecule has 0 N–H and O–H groups in total. The molecule has 22 heavy (non-hydrogen) atoms. The second kappa shape index (κ2) is 6.24. The molecule has 1 unspecified atom stereocenters. The van der Waals surface area contributed by atoms with Gasteiger partial charge in [0.2, 0.25) is 0 Å². The van der Waals surface area contributed by atoms with Gasteiger partial charge in [0.1, 0.15) is 0 Å². The first-order valence-electron chi connectivity index (χ1n) is 7.62. The number of alkyl halides is 3. The minimum Gasteiger partial charge on any atom is -0.299 e. The zero-order valence-corrected chi connectivity index (χ0v) is 12.3. The first kappa shape index (κ1) is 15.3. The second-order valence-corrected chi connectivity index (χ2v) is 5.98. The summed E-state index contributed by atoms with van der Waals surface area (Å²) in [5.74, 6) is 0.238. The van der Waals surface area contributed by atoms with Crippen LogP contribution in [0, 0.1) is 0 Å². The number of likely N-dealkylation sites (tertiary alicyclic amines) is 1. The van der Waals surface area contributed by atoms with Crippen molar-refractivity contribution in [3.63, 3.8) is 0 Å². The molecule has 1 aromatic heterocycles. The maximum absolute atomic E-state index is 12.6. The predicted molar refractivity (Wildman–Crippen MR) is 79.5 cm³/mol. The Kier molecular flexibility index (Phi) is 4.34. The van der Waals surface area contributed by atoms with Crippen LogP contribution in [0.25, 0.3) is 0 Å². The minimum atomic E-state index is -4.31. The summed E-state index contributed by atoms with van der Waals surface area (Å²) in [5.41, 5.74) is 1.53. The molecule has 0 aromatic carbocycles. The Morgan fingerprint density at radius 2 is 2.14 bits per heavy atom. The van der Waals surface area contributed by atoms with E-state index in [1.165, 1.54) is 11.6 Å². The Morgan fingerprint density at radius 1 is 1.27 bits per heavy atom. The van der Waals surface area contributed by atoms with E-state index in [1.807, 2.05) is 0 Å². The highest BCUT2D eigenvalue weighted by Crippen LogP contribution is 2.31. The maximum atomic E-state index is 12.6. The van der Waals surface area contributed by atoms with Crippen LogP contribution < -0.4 is 0 Å². The molecule has 5 heteroatoms. The molecule has 2 heterocycles. The molecule has 1 fully saturated rings. The first-order chi connectivity index (χ1) is 10.5. The van der Waals surface area contributed by atoms with E-state index >= 15 is 0 Å². The molecule has 0 spiro atoms. The van der Waals surface area contributed by atoms with E-state index in [9.17, 15) is 13.2 Å². The van der Waals surface area contributed by atoms with Gasteiger partial charge in [-0.2, -0.15) is 13.2 Å². The summed E-state index contributed by atoms with van der Waals surface area (Å²) in [6, 6.07) is 2.67. The number of nitrogens with zero attached hydrogens (tertiary/aromatic N) is 2. The molecule has 1 aliphatic carbocycles. The Hall–Kier alpha value is -1.62. The molecule has 1 aliphatic heterocycles. The van der Waals surface area contributed by atoms with E-state index < -0.39 is 11.7 Å². The monoisotopic (exact) mass is 308 g/mol. The van der Waals surface area contributed by atoms with Crippen molar-refractivity contribution in [1.29, 1.82) is 0 Å². The van der Waals surface area contributed by atoms with Crippen LogP contribution in [-0.2, 0) is 6.18 Å². The zero-order valence-electron chi connectivity index (χ0n) is 12.3. The van der Waals surface area contributed by atoms with Crippen molar-refractivity contribution in [2.75, 3.05) is 19.6 Å². The molecule has 1 aromatic rings. The number of allylic oxidation sites excluding steroid dienone is 3. The van der Waals surface area contributed by atoms with E-state index in [0.29, 0.717) is 0 Å². The van der Waals surface area contributed by atoms with Crippen molar-refractivity contribution in [3.8, 4) is 0 Å². The van der Waals surface area contributed by atoms with Crippen LogP contribution >= 0.6 is 0 Å². The van der Waals surface area contributed by atoms with Gasteiger partial charge in [0, 0.05) is 30.9 Å². The van der Waals surface area contributed by atoms with Gasteiger partial charge in [-0.25, -0.2) is 0 Å². The van der Waals surface area contributed by atoms with Gasteiger partial charge in [-0.05, 0) is 37.9 Å². The number of hydrogen-bond donors (Lipinski definition) is 0. The largest absolute Gasteiger partial charge is 0.417 e. The normalized spacial score (nSPS) is 22.9. The predicted octanol–water partition coefficient (Wildman–Crippen LogP) is 4.17. The average Bonchev–Trinajstić information content (AvgIpc) is 2.96. The third-order valence-electron chi connectivity index (χ3n) is 4.33. The fourth-order valence-corrected chi connectivity index (χ4v) is 3.10. The van der Waals surface area contributed by atoms with Gasteiger partial charge in [0.25, 0.3) is 0 Å². The highest BCUT2D eigenvalue weighted by atomic mass is 19.4. The van der Waals surface area contributed by atoms with Crippen LogP contribution in [0.15, 0.2) is 42.1 Å².